The summed E-state index contributed by atoms with van der Waals surface area (Å²) >= 11 is 5.92. The molecule has 0 saturated carbocycles. The van der Waals surface area contributed by atoms with E-state index in [0.29, 0.717) is 0 Å². The lowest BCUT2D eigenvalue weighted by Gasteiger charge is -2.17. The van der Waals surface area contributed by atoms with Gasteiger partial charge >= 0.3 is 0 Å². The summed E-state index contributed by atoms with van der Waals surface area (Å²) in [4.78, 5) is 12.4. The van der Waals surface area contributed by atoms with E-state index in [1.807, 2.05) is 45.0 Å². The number of ether oxygens (including phenoxy) is 1. The van der Waals surface area contributed by atoms with Crippen LogP contribution in [-0.2, 0) is 9.84 Å². The Kier molecular flexibility index (Phi) is 6.31. The number of halogens is 1. The van der Waals surface area contributed by atoms with E-state index >= 15 is 0 Å². The standard InChI is InChI=1S/C19H22ClNO4S/c1-12(2)25-16-7-5-6-14(10-16)13(3)21-19(22)15-8-9-17(20)18(11-15)26(4,23)24/h5-13H,1-4H3,(H,21,22). The molecule has 5 nitrogen and oxygen atoms in total. The lowest BCUT2D eigenvalue weighted by molar-refractivity contribution is 0.0939. The second kappa shape index (κ2) is 8.10. The van der Waals surface area contributed by atoms with E-state index in [0.717, 1.165) is 17.6 Å². The van der Waals surface area contributed by atoms with Crippen LogP contribution in [0.15, 0.2) is 47.4 Å². The van der Waals surface area contributed by atoms with Gasteiger partial charge in [0.25, 0.3) is 5.91 Å². The zero-order valence-corrected chi connectivity index (χ0v) is 16.7. The van der Waals surface area contributed by atoms with Gasteiger partial charge in [-0.15, -0.1) is 0 Å². The molecular weight excluding hydrogens is 374 g/mol. The molecule has 0 bridgehead atoms. The summed E-state index contributed by atoms with van der Waals surface area (Å²) in [6, 6.07) is 11.4. The summed E-state index contributed by atoms with van der Waals surface area (Å²) in [7, 11) is -3.52. The van der Waals surface area contributed by atoms with Gasteiger partial charge in [-0.3, -0.25) is 4.79 Å². The van der Waals surface area contributed by atoms with Crippen molar-refractivity contribution in [3.8, 4) is 5.75 Å². The van der Waals surface area contributed by atoms with Gasteiger partial charge in [-0.05, 0) is 56.7 Å². The number of hydrogen-bond donors (Lipinski definition) is 1. The Bertz CT molecular complexity index is 910. The number of carbonyl (C=O) groups excluding carboxylic acids is 1. The Morgan fingerprint density at radius 3 is 2.42 bits per heavy atom. The predicted octanol–water partition coefficient (Wildman–Crippen LogP) is 4.02. The van der Waals surface area contributed by atoms with Crippen LogP contribution in [0.1, 0.15) is 42.7 Å². The van der Waals surface area contributed by atoms with Crippen molar-refractivity contribution in [1.29, 1.82) is 0 Å². The molecule has 0 aliphatic heterocycles. The summed E-state index contributed by atoms with van der Waals surface area (Å²) in [5.41, 5.74) is 1.12. The maximum Gasteiger partial charge on any atom is 0.251 e. The Labute approximate surface area is 159 Å². The van der Waals surface area contributed by atoms with Gasteiger partial charge in [0.1, 0.15) is 5.75 Å². The quantitative estimate of drug-likeness (QED) is 0.801. The fourth-order valence-corrected chi connectivity index (χ4v) is 3.72. The van der Waals surface area contributed by atoms with Crippen molar-refractivity contribution >= 4 is 27.3 Å². The van der Waals surface area contributed by atoms with Crippen LogP contribution in [0.3, 0.4) is 0 Å². The van der Waals surface area contributed by atoms with Crippen molar-refractivity contribution in [2.45, 2.75) is 37.8 Å². The van der Waals surface area contributed by atoms with Gasteiger partial charge in [0, 0.05) is 11.8 Å². The number of carbonyl (C=O) groups is 1. The SMILES string of the molecule is CC(C)Oc1cccc(C(C)NC(=O)c2ccc(Cl)c(S(C)(=O)=O)c2)c1. The Balaban J connectivity index is 2.20. The van der Waals surface area contributed by atoms with Gasteiger partial charge < -0.3 is 10.1 Å². The van der Waals surface area contributed by atoms with Crippen LogP contribution >= 0.6 is 11.6 Å². The number of nitrogens with one attached hydrogen (secondary N) is 1. The van der Waals surface area contributed by atoms with E-state index in [1.54, 1.807) is 0 Å². The fourth-order valence-electron chi connectivity index (χ4n) is 2.42. The van der Waals surface area contributed by atoms with E-state index in [9.17, 15) is 13.2 Å². The number of amides is 1. The molecule has 0 saturated heterocycles. The first-order valence-electron chi connectivity index (χ1n) is 8.15. The second-order valence-electron chi connectivity index (χ2n) is 6.35. The lowest BCUT2D eigenvalue weighted by Crippen LogP contribution is -2.26. The zero-order valence-electron chi connectivity index (χ0n) is 15.1. The van der Waals surface area contributed by atoms with Crippen molar-refractivity contribution in [2.24, 2.45) is 0 Å². The molecule has 26 heavy (non-hydrogen) atoms. The molecule has 140 valence electrons. The molecule has 2 aromatic carbocycles. The number of hydrogen-bond acceptors (Lipinski definition) is 4. The summed E-state index contributed by atoms with van der Waals surface area (Å²) in [5.74, 6) is 0.346. The molecule has 7 heteroatoms. The van der Waals surface area contributed by atoms with Crippen LogP contribution in [0.25, 0.3) is 0 Å². The molecule has 1 N–H and O–H groups in total. The van der Waals surface area contributed by atoms with Gasteiger partial charge in [0.05, 0.1) is 22.1 Å². The Morgan fingerprint density at radius 2 is 1.81 bits per heavy atom. The highest BCUT2D eigenvalue weighted by Gasteiger charge is 2.17. The summed E-state index contributed by atoms with van der Waals surface area (Å²) in [5, 5.41) is 2.95. The van der Waals surface area contributed by atoms with E-state index in [1.165, 1.54) is 18.2 Å². The third kappa shape index (κ3) is 5.22. The summed E-state index contributed by atoms with van der Waals surface area (Å²) in [6.45, 7) is 5.73. The van der Waals surface area contributed by atoms with Crippen molar-refractivity contribution in [3.05, 3.63) is 58.6 Å². The summed E-state index contributed by atoms with van der Waals surface area (Å²) < 4.78 is 29.2. The molecule has 0 fully saturated rings. The van der Waals surface area contributed by atoms with Gasteiger partial charge in [0.15, 0.2) is 9.84 Å². The van der Waals surface area contributed by atoms with Crippen molar-refractivity contribution in [3.63, 3.8) is 0 Å². The van der Waals surface area contributed by atoms with Crippen LogP contribution in [0.2, 0.25) is 5.02 Å². The molecule has 0 aliphatic rings. The predicted molar refractivity (Wildman–Crippen MR) is 103 cm³/mol. The maximum absolute atomic E-state index is 12.5. The van der Waals surface area contributed by atoms with Gasteiger partial charge in [0.2, 0.25) is 0 Å². The Hall–Kier alpha value is -2.05. The van der Waals surface area contributed by atoms with Crippen LogP contribution < -0.4 is 10.1 Å². The first-order valence-corrected chi connectivity index (χ1v) is 10.4. The van der Waals surface area contributed by atoms with Crippen molar-refractivity contribution in [1.82, 2.24) is 5.32 Å². The fraction of sp³-hybridized carbons (Fsp3) is 0.316. The average Bonchev–Trinajstić information content (AvgIpc) is 2.53. The van der Waals surface area contributed by atoms with Crippen molar-refractivity contribution < 1.29 is 17.9 Å². The van der Waals surface area contributed by atoms with E-state index in [2.05, 4.69) is 5.32 Å². The highest BCUT2D eigenvalue weighted by molar-refractivity contribution is 7.90. The average molecular weight is 396 g/mol. The van der Waals surface area contributed by atoms with Gasteiger partial charge in [-0.1, -0.05) is 23.7 Å². The first-order chi connectivity index (χ1) is 12.1. The van der Waals surface area contributed by atoms with Crippen LogP contribution in [0, 0.1) is 0 Å². The van der Waals surface area contributed by atoms with Crippen LogP contribution in [0.4, 0.5) is 0 Å². The molecule has 1 unspecified atom stereocenters. The third-order valence-corrected chi connectivity index (χ3v) is 5.25. The Morgan fingerprint density at radius 1 is 1.12 bits per heavy atom. The third-order valence-electron chi connectivity index (χ3n) is 3.67. The number of sulfone groups is 1. The number of rotatable bonds is 6. The molecule has 0 spiro atoms. The highest BCUT2D eigenvalue weighted by Crippen LogP contribution is 2.24. The van der Waals surface area contributed by atoms with E-state index in [4.69, 9.17) is 16.3 Å². The minimum absolute atomic E-state index is 0.0543. The normalized spacial score (nSPS) is 12.7. The molecule has 0 aliphatic carbocycles. The maximum atomic E-state index is 12.5. The van der Waals surface area contributed by atoms with E-state index in [-0.39, 0.29) is 33.5 Å². The topological polar surface area (TPSA) is 72.5 Å². The number of benzene rings is 2. The molecule has 1 atom stereocenters. The molecule has 0 aromatic heterocycles. The molecular formula is C19H22ClNO4S. The smallest absolute Gasteiger partial charge is 0.251 e. The van der Waals surface area contributed by atoms with Crippen LogP contribution in [0.5, 0.6) is 5.75 Å². The monoisotopic (exact) mass is 395 g/mol. The molecule has 2 aromatic rings. The first kappa shape index (κ1) is 20.3. The van der Waals surface area contributed by atoms with Crippen LogP contribution in [-0.4, -0.2) is 26.7 Å². The molecule has 0 heterocycles. The minimum atomic E-state index is -3.52. The minimum Gasteiger partial charge on any atom is -0.491 e. The van der Waals surface area contributed by atoms with Crippen molar-refractivity contribution in [2.75, 3.05) is 6.26 Å². The summed E-state index contributed by atoms with van der Waals surface area (Å²) in [6.07, 6.45) is 1.11. The largest absolute Gasteiger partial charge is 0.491 e. The van der Waals surface area contributed by atoms with Gasteiger partial charge in [-0.25, -0.2) is 8.42 Å². The van der Waals surface area contributed by atoms with Gasteiger partial charge in [-0.2, -0.15) is 0 Å². The molecule has 0 radical (unpaired) electrons. The zero-order chi connectivity index (χ0) is 19.5. The van der Waals surface area contributed by atoms with E-state index < -0.39 is 9.84 Å². The molecule has 1 amide bonds. The molecule has 2 rings (SSSR count). The highest BCUT2D eigenvalue weighted by atomic mass is 35.5. The second-order valence-corrected chi connectivity index (χ2v) is 8.74. The lowest BCUT2D eigenvalue weighted by atomic mass is 10.1.